The van der Waals surface area contributed by atoms with Gasteiger partial charge in [-0.05, 0) is 55.3 Å². The quantitative estimate of drug-likeness (QED) is 0.524. The van der Waals surface area contributed by atoms with E-state index in [1.54, 1.807) is 43.0 Å². The van der Waals surface area contributed by atoms with Gasteiger partial charge in [-0.25, -0.2) is 0 Å². The molecule has 0 aliphatic carbocycles. The maximum absolute atomic E-state index is 12.3. The van der Waals surface area contributed by atoms with Crippen molar-refractivity contribution in [1.29, 1.82) is 0 Å². The number of carbonyl (C=O) groups excluding carboxylic acids is 2. The average Bonchev–Trinajstić information content (AvgIpc) is 3.12. The summed E-state index contributed by atoms with van der Waals surface area (Å²) in [5, 5.41) is 14.6. The first-order valence-corrected chi connectivity index (χ1v) is 10.7. The van der Waals surface area contributed by atoms with Crippen LogP contribution in [-0.2, 0) is 18.4 Å². The van der Waals surface area contributed by atoms with Gasteiger partial charge in [-0.1, -0.05) is 23.9 Å². The molecule has 0 unspecified atom stereocenters. The fourth-order valence-electron chi connectivity index (χ4n) is 2.82. The Balaban J connectivity index is 1.52. The van der Waals surface area contributed by atoms with Crippen LogP contribution in [0.15, 0.2) is 47.6 Å². The van der Waals surface area contributed by atoms with Gasteiger partial charge >= 0.3 is 0 Å². The summed E-state index contributed by atoms with van der Waals surface area (Å²) in [5.41, 5.74) is 3.44. The van der Waals surface area contributed by atoms with Crippen molar-refractivity contribution in [1.82, 2.24) is 20.1 Å². The molecule has 9 heteroatoms. The molecule has 0 saturated carbocycles. The van der Waals surface area contributed by atoms with E-state index in [1.165, 1.54) is 11.8 Å². The first kappa shape index (κ1) is 22.4. The number of methoxy groups -OCH3 is 1. The van der Waals surface area contributed by atoms with Gasteiger partial charge in [-0.3, -0.25) is 9.59 Å². The van der Waals surface area contributed by atoms with Crippen LogP contribution in [0.25, 0.3) is 0 Å². The van der Waals surface area contributed by atoms with Gasteiger partial charge in [0.2, 0.25) is 5.91 Å². The average molecular weight is 440 g/mol. The molecule has 3 aromatic rings. The van der Waals surface area contributed by atoms with Gasteiger partial charge in [-0.2, -0.15) is 0 Å². The highest BCUT2D eigenvalue weighted by Gasteiger charge is 2.14. The number of ether oxygens (including phenoxy) is 1. The minimum atomic E-state index is -0.215. The van der Waals surface area contributed by atoms with E-state index in [-0.39, 0.29) is 24.1 Å². The molecule has 8 nitrogen and oxygen atoms in total. The van der Waals surface area contributed by atoms with Crippen LogP contribution in [0, 0.1) is 13.8 Å². The Hall–Kier alpha value is -3.33. The van der Waals surface area contributed by atoms with Gasteiger partial charge < -0.3 is 19.9 Å². The molecule has 0 fully saturated rings. The van der Waals surface area contributed by atoms with Crippen molar-refractivity contribution >= 4 is 29.3 Å². The molecule has 2 aromatic carbocycles. The molecule has 3 rings (SSSR count). The third kappa shape index (κ3) is 5.85. The molecule has 2 amide bonds. The normalized spacial score (nSPS) is 10.6. The minimum Gasteiger partial charge on any atom is -0.497 e. The second-order valence-corrected chi connectivity index (χ2v) is 7.97. The maximum Gasteiger partial charge on any atom is 0.251 e. The summed E-state index contributed by atoms with van der Waals surface area (Å²) in [5.74, 6) is 1.16. The van der Waals surface area contributed by atoms with E-state index in [0.29, 0.717) is 22.3 Å². The van der Waals surface area contributed by atoms with Crippen LogP contribution >= 0.6 is 11.8 Å². The first-order chi connectivity index (χ1) is 14.9. The first-order valence-electron chi connectivity index (χ1n) is 9.68. The largest absolute Gasteiger partial charge is 0.497 e. The van der Waals surface area contributed by atoms with E-state index < -0.39 is 0 Å². The number of aromatic nitrogens is 3. The Morgan fingerprint density at radius 3 is 2.55 bits per heavy atom. The maximum atomic E-state index is 12.3. The lowest BCUT2D eigenvalue weighted by Gasteiger charge is -2.09. The van der Waals surface area contributed by atoms with E-state index in [2.05, 4.69) is 20.8 Å². The standard InChI is InChI=1S/C22H25N5O3S/c1-14-5-6-15(2)18(11-14)24-20(28)13-31-22-26-25-19(27(22)3)12-23-21(29)16-7-9-17(30-4)10-8-16/h5-11H,12-13H2,1-4H3,(H,23,29)(H,24,28). The summed E-state index contributed by atoms with van der Waals surface area (Å²) in [4.78, 5) is 24.6. The highest BCUT2D eigenvalue weighted by atomic mass is 32.2. The number of hydrogen-bond donors (Lipinski definition) is 2. The number of hydrogen-bond acceptors (Lipinski definition) is 6. The Morgan fingerprint density at radius 1 is 1.10 bits per heavy atom. The van der Waals surface area contributed by atoms with Crippen molar-refractivity contribution in [2.45, 2.75) is 25.5 Å². The van der Waals surface area contributed by atoms with Crippen molar-refractivity contribution in [3.05, 3.63) is 65.0 Å². The molecule has 1 aromatic heterocycles. The van der Waals surface area contributed by atoms with Crippen LogP contribution in [-0.4, -0.2) is 39.4 Å². The van der Waals surface area contributed by atoms with Crippen LogP contribution in [0.2, 0.25) is 0 Å². The zero-order valence-corrected chi connectivity index (χ0v) is 18.7. The van der Waals surface area contributed by atoms with Gasteiger partial charge in [0.1, 0.15) is 5.75 Å². The number of rotatable bonds is 8. The lowest BCUT2D eigenvalue weighted by Crippen LogP contribution is -2.24. The second-order valence-electron chi connectivity index (χ2n) is 7.02. The Labute approximate surface area is 185 Å². The summed E-state index contributed by atoms with van der Waals surface area (Å²) in [6.07, 6.45) is 0. The van der Waals surface area contributed by atoms with Crippen molar-refractivity contribution < 1.29 is 14.3 Å². The van der Waals surface area contributed by atoms with E-state index in [9.17, 15) is 9.59 Å². The monoisotopic (exact) mass is 439 g/mol. The number of thioether (sulfide) groups is 1. The second kappa shape index (κ2) is 10.1. The third-order valence-corrected chi connectivity index (χ3v) is 5.70. The van der Waals surface area contributed by atoms with Crippen LogP contribution in [0.3, 0.4) is 0 Å². The van der Waals surface area contributed by atoms with Crippen molar-refractivity contribution in [2.24, 2.45) is 7.05 Å². The van der Waals surface area contributed by atoms with Gasteiger partial charge in [0.25, 0.3) is 5.91 Å². The Morgan fingerprint density at radius 2 is 1.84 bits per heavy atom. The molecular weight excluding hydrogens is 414 g/mol. The van der Waals surface area contributed by atoms with Gasteiger partial charge in [0.15, 0.2) is 11.0 Å². The SMILES string of the molecule is COc1ccc(C(=O)NCc2nnc(SCC(=O)Nc3cc(C)ccc3C)n2C)cc1. The number of nitrogens with one attached hydrogen (secondary N) is 2. The summed E-state index contributed by atoms with van der Waals surface area (Å²) < 4.78 is 6.86. The summed E-state index contributed by atoms with van der Waals surface area (Å²) in [6.45, 7) is 4.17. The lowest BCUT2D eigenvalue weighted by atomic mass is 10.1. The smallest absolute Gasteiger partial charge is 0.251 e. The summed E-state index contributed by atoms with van der Waals surface area (Å²) >= 11 is 1.29. The molecule has 162 valence electrons. The number of aryl methyl sites for hydroxylation is 2. The van der Waals surface area contributed by atoms with Gasteiger partial charge in [0.05, 0.1) is 19.4 Å². The molecule has 31 heavy (non-hydrogen) atoms. The van der Waals surface area contributed by atoms with E-state index in [1.807, 2.05) is 32.0 Å². The van der Waals surface area contributed by atoms with Gasteiger partial charge in [-0.15, -0.1) is 10.2 Å². The van der Waals surface area contributed by atoms with E-state index in [0.717, 1.165) is 16.8 Å². The minimum absolute atomic E-state index is 0.115. The van der Waals surface area contributed by atoms with Crippen LogP contribution < -0.4 is 15.4 Å². The van der Waals surface area contributed by atoms with Crippen LogP contribution in [0.5, 0.6) is 5.75 Å². The molecule has 0 aliphatic rings. The molecule has 0 radical (unpaired) electrons. The summed E-state index contributed by atoms with van der Waals surface area (Å²) in [6, 6.07) is 12.8. The Kier molecular flexibility index (Phi) is 7.30. The summed E-state index contributed by atoms with van der Waals surface area (Å²) in [7, 11) is 3.38. The number of benzene rings is 2. The van der Waals surface area contributed by atoms with Crippen molar-refractivity contribution in [2.75, 3.05) is 18.2 Å². The van der Waals surface area contributed by atoms with E-state index >= 15 is 0 Å². The van der Waals surface area contributed by atoms with E-state index in [4.69, 9.17) is 4.74 Å². The van der Waals surface area contributed by atoms with Gasteiger partial charge in [0, 0.05) is 18.3 Å². The van der Waals surface area contributed by atoms with Crippen molar-refractivity contribution in [3.63, 3.8) is 0 Å². The van der Waals surface area contributed by atoms with Crippen molar-refractivity contribution in [3.8, 4) is 5.75 Å². The number of anilines is 1. The highest BCUT2D eigenvalue weighted by Crippen LogP contribution is 2.19. The molecule has 0 bridgehead atoms. The molecule has 0 atom stereocenters. The lowest BCUT2D eigenvalue weighted by molar-refractivity contribution is -0.113. The predicted octanol–water partition coefficient (Wildman–Crippen LogP) is 3.10. The topological polar surface area (TPSA) is 98.1 Å². The molecule has 0 saturated heterocycles. The highest BCUT2D eigenvalue weighted by molar-refractivity contribution is 7.99. The Bertz CT molecular complexity index is 1080. The van der Waals surface area contributed by atoms with Crippen LogP contribution in [0.4, 0.5) is 5.69 Å². The zero-order valence-electron chi connectivity index (χ0n) is 17.9. The predicted molar refractivity (Wildman–Crippen MR) is 120 cm³/mol. The molecular formula is C22H25N5O3S. The molecule has 2 N–H and O–H groups in total. The molecule has 0 aliphatic heterocycles. The third-order valence-electron chi connectivity index (χ3n) is 4.68. The fourth-order valence-corrected chi connectivity index (χ4v) is 3.55. The zero-order chi connectivity index (χ0) is 22.4. The number of amides is 2. The number of carbonyl (C=O) groups is 2. The van der Waals surface area contributed by atoms with Crippen LogP contribution in [0.1, 0.15) is 27.3 Å². The number of nitrogens with zero attached hydrogens (tertiary/aromatic N) is 3. The fraction of sp³-hybridized carbons (Fsp3) is 0.273. The molecule has 0 spiro atoms. The molecule has 1 heterocycles.